The van der Waals surface area contributed by atoms with Crippen molar-refractivity contribution >= 4 is 32.8 Å². The molecule has 0 fully saturated rings. The Bertz CT molecular complexity index is 1100. The zero-order valence-electron chi connectivity index (χ0n) is 10.9. The van der Waals surface area contributed by atoms with E-state index in [0.29, 0.717) is 16.0 Å². The fourth-order valence-corrected chi connectivity index (χ4v) is 3.31. The molecular formula is C14H9N3O3S. The molecule has 2 N–H and O–H groups in total. The SMILES string of the molecule is Cc1cc(=O)c2sc(-c3cc(=O)c4ocnc4[nH]3)cc2[nH]1. The van der Waals surface area contributed by atoms with Gasteiger partial charge in [0.2, 0.25) is 11.0 Å². The van der Waals surface area contributed by atoms with Crippen LogP contribution in [-0.4, -0.2) is 15.0 Å². The number of pyridine rings is 2. The molecule has 0 radical (unpaired) electrons. The van der Waals surface area contributed by atoms with Crippen LogP contribution < -0.4 is 10.9 Å². The molecule has 104 valence electrons. The number of hydrogen-bond donors (Lipinski definition) is 2. The van der Waals surface area contributed by atoms with Gasteiger partial charge in [-0.2, -0.15) is 4.98 Å². The van der Waals surface area contributed by atoms with E-state index in [1.165, 1.54) is 23.8 Å². The predicted molar refractivity (Wildman–Crippen MR) is 80.8 cm³/mol. The summed E-state index contributed by atoms with van der Waals surface area (Å²) in [5.74, 6) is 0. The number of aromatic amines is 2. The van der Waals surface area contributed by atoms with E-state index in [4.69, 9.17) is 4.42 Å². The van der Waals surface area contributed by atoms with E-state index in [9.17, 15) is 9.59 Å². The highest BCUT2D eigenvalue weighted by Gasteiger charge is 2.12. The third kappa shape index (κ3) is 1.82. The number of oxazole rings is 1. The predicted octanol–water partition coefficient (Wildman–Crippen LogP) is 2.39. The summed E-state index contributed by atoms with van der Waals surface area (Å²) >= 11 is 1.33. The lowest BCUT2D eigenvalue weighted by Crippen LogP contribution is -2.00. The minimum absolute atomic E-state index is 0.0256. The quantitative estimate of drug-likeness (QED) is 0.564. The van der Waals surface area contributed by atoms with Crippen LogP contribution in [0.4, 0.5) is 0 Å². The van der Waals surface area contributed by atoms with E-state index in [2.05, 4.69) is 15.0 Å². The molecule has 0 atom stereocenters. The van der Waals surface area contributed by atoms with Crippen molar-refractivity contribution in [2.75, 3.05) is 0 Å². The fourth-order valence-electron chi connectivity index (χ4n) is 2.31. The first-order valence-corrected chi connectivity index (χ1v) is 7.04. The number of nitrogens with one attached hydrogen (secondary N) is 2. The van der Waals surface area contributed by atoms with Gasteiger partial charge in [-0.1, -0.05) is 0 Å². The van der Waals surface area contributed by atoms with Crippen molar-refractivity contribution in [1.82, 2.24) is 15.0 Å². The number of rotatable bonds is 1. The standard InChI is InChI=1S/C14H9N3O3S/c1-6-2-10(19)13-8(16-6)4-11(21-13)7-3-9(18)12-14(17-7)15-5-20-12/h2-5H,1H3,(H,16,19)(H,17,18). The summed E-state index contributed by atoms with van der Waals surface area (Å²) < 4.78 is 5.66. The Morgan fingerprint density at radius 1 is 1.14 bits per heavy atom. The van der Waals surface area contributed by atoms with E-state index in [-0.39, 0.29) is 16.4 Å². The first kappa shape index (κ1) is 12.1. The van der Waals surface area contributed by atoms with Gasteiger partial charge in [-0.3, -0.25) is 9.59 Å². The Kier molecular flexibility index (Phi) is 2.40. The van der Waals surface area contributed by atoms with Crippen molar-refractivity contribution in [3.8, 4) is 10.6 Å². The van der Waals surface area contributed by atoms with Gasteiger partial charge in [-0.15, -0.1) is 11.3 Å². The number of aryl methyl sites for hydroxylation is 1. The van der Waals surface area contributed by atoms with Gasteiger partial charge < -0.3 is 14.4 Å². The summed E-state index contributed by atoms with van der Waals surface area (Å²) in [6, 6.07) is 4.87. The van der Waals surface area contributed by atoms with Gasteiger partial charge in [0.1, 0.15) is 0 Å². The van der Waals surface area contributed by atoms with E-state index in [1.54, 1.807) is 6.07 Å². The molecule has 21 heavy (non-hydrogen) atoms. The molecule has 0 aliphatic carbocycles. The Morgan fingerprint density at radius 3 is 2.86 bits per heavy atom. The molecular weight excluding hydrogens is 290 g/mol. The second-order valence-corrected chi connectivity index (χ2v) is 5.80. The van der Waals surface area contributed by atoms with Gasteiger partial charge in [0.15, 0.2) is 17.5 Å². The first-order valence-electron chi connectivity index (χ1n) is 6.22. The van der Waals surface area contributed by atoms with E-state index in [0.717, 1.165) is 16.1 Å². The maximum Gasteiger partial charge on any atom is 0.227 e. The van der Waals surface area contributed by atoms with Crippen LogP contribution in [0.15, 0.2) is 38.6 Å². The van der Waals surface area contributed by atoms with Crippen LogP contribution in [0.25, 0.3) is 32.0 Å². The molecule has 0 aliphatic rings. The van der Waals surface area contributed by atoms with Crippen molar-refractivity contribution in [2.24, 2.45) is 0 Å². The molecule has 0 saturated heterocycles. The molecule has 4 rings (SSSR count). The van der Waals surface area contributed by atoms with Crippen molar-refractivity contribution in [3.63, 3.8) is 0 Å². The monoisotopic (exact) mass is 299 g/mol. The summed E-state index contributed by atoms with van der Waals surface area (Å²) in [6.07, 6.45) is 1.23. The molecule has 0 bridgehead atoms. The minimum Gasteiger partial charge on any atom is -0.438 e. The highest BCUT2D eigenvalue weighted by molar-refractivity contribution is 7.22. The largest absolute Gasteiger partial charge is 0.438 e. The number of H-pyrrole nitrogens is 2. The van der Waals surface area contributed by atoms with Crippen LogP contribution >= 0.6 is 11.3 Å². The summed E-state index contributed by atoms with van der Waals surface area (Å²) in [4.78, 5) is 34.9. The van der Waals surface area contributed by atoms with Crippen molar-refractivity contribution < 1.29 is 4.42 Å². The molecule has 0 unspecified atom stereocenters. The number of fused-ring (bicyclic) bond motifs is 2. The average Bonchev–Trinajstić information content (AvgIpc) is 3.04. The lowest BCUT2D eigenvalue weighted by molar-refractivity contribution is 0.599. The second kappa shape index (κ2) is 4.16. The highest BCUT2D eigenvalue weighted by atomic mass is 32.1. The summed E-state index contributed by atoms with van der Waals surface area (Å²) in [5, 5.41) is 0. The maximum atomic E-state index is 12.0. The Hall–Kier alpha value is -2.67. The van der Waals surface area contributed by atoms with E-state index >= 15 is 0 Å². The Labute approximate surface area is 121 Å². The summed E-state index contributed by atoms with van der Waals surface area (Å²) in [7, 11) is 0. The van der Waals surface area contributed by atoms with Crippen LogP contribution in [0, 0.1) is 6.92 Å². The number of aromatic nitrogens is 3. The fraction of sp³-hybridized carbons (Fsp3) is 0.0714. The molecule has 0 aromatic carbocycles. The molecule has 7 heteroatoms. The van der Waals surface area contributed by atoms with Crippen LogP contribution in [-0.2, 0) is 0 Å². The molecule has 0 amide bonds. The van der Waals surface area contributed by atoms with Gasteiger partial charge in [-0.25, -0.2) is 0 Å². The van der Waals surface area contributed by atoms with Crippen LogP contribution in [0.2, 0.25) is 0 Å². The smallest absolute Gasteiger partial charge is 0.227 e. The van der Waals surface area contributed by atoms with Gasteiger partial charge in [-0.05, 0) is 13.0 Å². The maximum absolute atomic E-state index is 12.0. The third-order valence-electron chi connectivity index (χ3n) is 3.22. The minimum atomic E-state index is -0.240. The normalized spacial score (nSPS) is 11.5. The zero-order valence-corrected chi connectivity index (χ0v) is 11.7. The molecule has 4 heterocycles. The molecule has 0 saturated carbocycles. The number of hydrogen-bond acceptors (Lipinski definition) is 5. The molecule has 4 aromatic heterocycles. The first-order chi connectivity index (χ1) is 10.1. The Morgan fingerprint density at radius 2 is 2.00 bits per heavy atom. The van der Waals surface area contributed by atoms with Crippen molar-refractivity contribution in [3.05, 3.63) is 50.7 Å². The topological polar surface area (TPSA) is 91.8 Å². The van der Waals surface area contributed by atoms with Crippen LogP contribution in [0.3, 0.4) is 0 Å². The summed E-state index contributed by atoms with van der Waals surface area (Å²) in [5.41, 5.74) is 2.52. The lowest BCUT2D eigenvalue weighted by atomic mass is 10.2. The average molecular weight is 299 g/mol. The molecule has 0 spiro atoms. The van der Waals surface area contributed by atoms with Gasteiger partial charge in [0.25, 0.3) is 0 Å². The molecule has 6 nitrogen and oxygen atoms in total. The van der Waals surface area contributed by atoms with Gasteiger partial charge in [0.05, 0.1) is 20.8 Å². The second-order valence-electron chi connectivity index (χ2n) is 4.75. The Balaban J connectivity index is 2.02. The van der Waals surface area contributed by atoms with Gasteiger partial charge >= 0.3 is 0 Å². The molecule has 4 aromatic rings. The van der Waals surface area contributed by atoms with Crippen LogP contribution in [0.5, 0.6) is 0 Å². The van der Waals surface area contributed by atoms with Crippen molar-refractivity contribution in [1.29, 1.82) is 0 Å². The van der Waals surface area contributed by atoms with E-state index in [1.807, 2.05) is 13.0 Å². The van der Waals surface area contributed by atoms with Gasteiger partial charge in [0, 0.05) is 17.8 Å². The zero-order chi connectivity index (χ0) is 14.6. The lowest BCUT2D eigenvalue weighted by Gasteiger charge is -1.96. The summed E-state index contributed by atoms with van der Waals surface area (Å²) in [6.45, 7) is 1.83. The van der Waals surface area contributed by atoms with Crippen LogP contribution in [0.1, 0.15) is 5.69 Å². The number of nitrogens with zero attached hydrogens (tertiary/aromatic N) is 1. The molecule has 0 aliphatic heterocycles. The third-order valence-corrected chi connectivity index (χ3v) is 4.40. The number of thiophene rings is 1. The highest BCUT2D eigenvalue weighted by Crippen LogP contribution is 2.29. The van der Waals surface area contributed by atoms with Crippen molar-refractivity contribution in [2.45, 2.75) is 6.92 Å². The van der Waals surface area contributed by atoms with E-state index < -0.39 is 0 Å².